The number of fused-ring (bicyclic) bond motifs is 1. The first-order chi connectivity index (χ1) is 9.66. The predicted octanol–water partition coefficient (Wildman–Crippen LogP) is 1.09. The Morgan fingerprint density at radius 2 is 1.67 bits per heavy atom. The van der Waals surface area contributed by atoms with Gasteiger partial charge in [0.15, 0.2) is 6.20 Å². The molecule has 0 aliphatic carbocycles. The topological polar surface area (TPSA) is 7.12 Å². The van der Waals surface area contributed by atoms with Gasteiger partial charge in [0.25, 0.3) is 0 Å². The van der Waals surface area contributed by atoms with E-state index in [1.807, 2.05) is 31.3 Å². The van der Waals surface area contributed by atoms with Crippen LogP contribution in [0.25, 0.3) is 10.9 Å². The fourth-order valence-corrected chi connectivity index (χ4v) is 2.70. The predicted molar refractivity (Wildman–Crippen MR) is 84.6 cm³/mol. The molecule has 2 nitrogen and oxygen atoms in total. The highest BCUT2D eigenvalue weighted by molar-refractivity contribution is 6.33. The SMILES string of the molecule is CN(c1cc2ccccc2[n+](C)c1)c1ccccc1Cl.[I-]. The third-order valence-corrected chi connectivity index (χ3v) is 3.87. The molecule has 21 heavy (non-hydrogen) atoms. The maximum atomic E-state index is 6.28. The molecule has 3 aromatic rings. The second kappa shape index (κ2) is 6.62. The van der Waals surface area contributed by atoms with Gasteiger partial charge in [-0.3, -0.25) is 0 Å². The van der Waals surface area contributed by atoms with Crippen LogP contribution in [0.3, 0.4) is 0 Å². The van der Waals surface area contributed by atoms with E-state index in [9.17, 15) is 0 Å². The minimum atomic E-state index is 0. The first-order valence-electron chi connectivity index (χ1n) is 6.53. The van der Waals surface area contributed by atoms with Crippen LogP contribution in [0.2, 0.25) is 5.02 Å². The van der Waals surface area contributed by atoms with Gasteiger partial charge in [-0.2, -0.15) is 4.57 Å². The molecule has 1 heterocycles. The summed E-state index contributed by atoms with van der Waals surface area (Å²) < 4.78 is 2.14. The normalized spacial score (nSPS) is 10.2. The van der Waals surface area contributed by atoms with Crippen LogP contribution >= 0.6 is 11.6 Å². The van der Waals surface area contributed by atoms with Gasteiger partial charge in [0, 0.05) is 18.5 Å². The molecule has 0 saturated carbocycles. The van der Waals surface area contributed by atoms with E-state index >= 15 is 0 Å². The van der Waals surface area contributed by atoms with Crippen molar-refractivity contribution in [3.63, 3.8) is 0 Å². The summed E-state index contributed by atoms with van der Waals surface area (Å²) >= 11 is 6.28. The van der Waals surface area contributed by atoms with Crippen LogP contribution in [0.15, 0.2) is 60.8 Å². The Morgan fingerprint density at radius 1 is 1.00 bits per heavy atom. The Kier molecular flexibility index (Phi) is 5.06. The van der Waals surface area contributed by atoms with E-state index in [4.69, 9.17) is 11.6 Å². The van der Waals surface area contributed by atoms with E-state index in [0.29, 0.717) is 0 Å². The van der Waals surface area contributed by atoms with Crippen molar-refractivity contribution >= 4 is 33.9 Å². The molecule has 0 fully saturated rings. The summed E-state index contributed by atoms with van der Waals surface area (Å²) in [5.41, 5.74) is 3.33. The summed E-state index contributed by atoms with van der Waals surface area (Å²) in [7, 11) is 4.09. The van der Waals surface area contributed by atoms with E-state index in [2.05, 4.69) is 53.0 Å². The molecular formula is C17H16ClIN2. The number of rotatable bonds is 2. The smallest absolute Gasteiger partial charge is 0.212 e. The molecule has 0 bridgehead atoms. The zero-order chi connectivity index (χ0) is 14.1. The summed E-state index contributed by atoms with van der Waals surface area (Å²) in [6, 6.07) is 18.4. The maximum Gasteiger partial charge on any atom is 0.212 e. The molecule has 2 aromatic carbocycles. The average molecular weight is 411 g/mol. The maximum absolute atomic E-state index is 6.28. The molecule has 108 valence electrons. The number of anilines is 2. The Hall–Kier alpha value is -1.33. The molecule has 0 radical (unpaired) electrons. The van der Waals surface area contributed by atoms with E-state index in [1.165, 1.54) is 10.9 Å². The van der Waals surface area contributed by atoms with Gasteiger partial charge < -0.3 is 28.9 Å². The molecule has 0 spiro atoms. The van der Waals surface area contributed by atoms with Gasteiger partial charge in [0.1, 0.15) is 12.7 Å². The zero-order valence-electron chi connectivity index (χ0n) is 11.9. The van der Waals surface area contributed by atoms with Gasteiger partial charge in [-0.05, 0) is 24.3 Å². The van der Waals surface area contributed by atoms with Crippen LogP contribution in [0.4, 0.5) is 11.4 Å². The second-order valence-corrected chi connectivity index (χ2v) is 5.29. The summed E-state index contributed by atoms with van der Waals surface area (Å²) in [4.78, 5) is 2.11. The second-order valence-electron chi connectivity index (χ2n) is 4.88. The molecule has 0 unspecified atom stereocenters. The minimum absolute atomic E-state index is 0. The number of aromatic nitrogens is 1. The van der Waals surface area contributed by atoms with Crippen LogP contribution in [0.5, 0.6) is 0 Å². The number of benzene rings is 2. The molecule has 0 N–H and O–H groups in total. The standard InChI is InChI=1S/C17H16ClN2.HI/c1-19-12-14(11-13-7-3-5-9-16(13)19)20(2)17-10-6-4-8-15(17)18;/h3-12H,1-2H3;1H/q+1;/p-1. The highest BCUT2D eigenvalue weighted by Gasteiger charge is 2.13. The summed E-state index contributed by atoms with van der Waals surface area (Å²) in [5.74, 6) is 0. The van der Waals surface area contributed by atoms with Crippen molar-refractivity contribution in [3.8, 4) is 0 Å². The number of aryl methyl sites for hydroxylation is 1. The van der Waals surface area contributed by atoms with Crippen LogP contribution in [-0.4, -0.2) is 7.05 Å². The fourth-order valence-electron chi connectivity index (χ4n) is 2.44. The summed E-state index contributed by atoms with van der Waals surface area (Å²) in [6.07, 6.45) is 2.12. The van der Waals surface area contributed by atoms with Crippen molar-refractivity contribution in [1.29, 1.82) is 0 Å². The van der Waals surface area contributed by atoms with Crippen molar-refractivity contribution in [2.75, 3.05) is 11.9 Å². The Bertz CT molecular complexity index is 774. The van der Waals surface area contributed by atoms with Gasteiger partial charge >= 0.3 is 0 Å². The molecule has 4 heteroatoms. The third kappa shape index (κ3) is 3.14. The van der Waals surface area contributed by atoms with Crippen molar-refractivity contribution in [1.82, 2.24) is 0 Å². The number of hydrogen-bond donors (Lipinski definition) is 0. The molecule has 0 aliphatic rings. The van der Waals surface area contributed by atoms with Crippen LogP contribution in [-0.2, 0) is 7.05 Å². The van der Waals surface area contributed by atoms with Crippen molar-refractivity contribution < 1.29 is 28.5 Å². The first-order valence-corrected chi connectivity index (χ1v) is 6.91. The number of halogens is 2. The largest absolute Gasteiger partial charge is 1.00 e. The third-order valence-electron chi connectivity index (χ3n) is 3.55. The summed E-state index contributed by atoms with van der Waals surface area (Å²) in [6.45, 7) is 0. The molecule has 0 saturated heterocycles. The van der Waals surface area contributed by atoms with Gasteiger partial charge in [0.05, 0.1) is 10.7 Å². The average Bonchev–Trinajstić information content (AvgIpc) is 2.47. The lowest BCUT2D eigenvalue weighted by Gasteiger charge is -2.19. The zero-order valence-corrected chi connectivity index (χ0v) is 14.8. The Morgan fingerprint density at radius 3 is 2.43 bits per heavy atom. The number of nitrogens with zero attached hydrogens (tertiary/aromatic N) is 2. The number of hydrogen-bond acceptors (Lipinski definition) is 1. The van der Waals surface area contributed by atoms with Crippen LogP contribution < -0.4 is 33.4 Å². The minimum Gasteiger partial charge on any atom is -1.00 e. The van der Waals surface area contributed by atoms with Crippen molar-refractivity contribution in [2.45, 2.75) is 0 Å². The monoisotopic (exact) mass is 410 g/mol. The van der Waals surface area contributed by atoms with Gasteiger partial charge in [-0.15, -0.1) is 0 Å². The lowest BCUT2D eigenvalue weighted by atomic mass is 10.2. The lowest BCUT2D eigenvalue weighted by molar-refractivity contribution is -0.644. The highest BCUT2D eigenvalue weighted by atomic mass is 127. The van der Waals surface area contributed by atoms with E-state index in [1.54, 1.807) is 0 Å². The molecular weight excluding hydrogens is 395 g/mol. The Labute approximate surface area is 147 Å². The highest BCUT2D eigenvalue weighted by Crippen LogP contribution is 2.30. The molecule has 3 rings (SSSR count). The van der Waals surface area contributed by atoms with Gasteiger partial charge in [-0.25, -0.2) is 0 Å². The van der Waals surface area contributed by atoms with Gasteiger partial charge in [-0.1, -0.05) is 35.9 Å². The molecule has 0 amide bonds. The van der Waals surface area contributed by atoms with E-state index < -0.39 is 0 Å². The van der Waals surface area contributed by atoms with Gasteiger partial charge in [0.2, 0.25) is 5.52 Å². The molecule has 1 aromatic heterocycles. The fraction of sp³-hybridized carbons (Fsp3) is 0.118. The van der Waals surface area contributed by atoms with Crippen LogP contribution in [0, 0.1) is 0 Å². The number of pyridine rings is 1. The molecule has 0 atom stereocenters. The molecule has 0 aliphatic heterocycles. The quantitative estimate of drug-likeness (QED) is 0.453. The van der Waals surface area contributed by atoms with Crippen molar-refractivity contribution in [3.05, 3.63) is 65.8 Å². The summed E-state index contributed by atoms with van der Waals surface area (Å²) in [5, 5.41) is 1.97. The van der Waals surface area contributed by atoms with Crippen LogP contribution in [0.1, 0.15) is 0 Å². The van der Waals surface area contributed by atoms with E-state index in [0.717, 1.165) is 16.4 Å². The lowest BCUT2D eigenvalue weighted by Crippen LogP contribution is -3.00. The Balaban J connectivity index is 0.00000161. The van der Waals surface area contributed by atoms with Crippen molar-refractivity contribution in [2.24, 2.45) is 7.05 Å². The number of para-hydroxylation sites is 2. The first kappa shape index (κ1) is 16.0. The van der Waals surface area contributed by atoms with E-state index in [-0.39, 0.29) is 24.0 Å².